The summed E-state index contributed by atoms with van der Waals surface area (Å²) in [4.78, 5) is 11.9. The molecule has 7 heteroatoms. The minimum Gasteiger partial charge on any atom is -0.508 e. The fraction of sp³-hybridized carbons (Fsp3) is 0.385. The van der Waals surface area contributed by atoms with Gasteiger partial charge in [0.2, 0.25) is 5.16 Å². The molecular formula is C13H14N4O2S. The Morgan fingerprint density at radius 3 is 2.80 bits per heavy atom. The van der Waals surface area contributed by atoms with Gasteiger partial charge in [-0.1, -0.05) is 18.2 Å². The zero-order valence-electron chi connectivity index (χ0n) is 10.8. The summed E-state index contributed by atoms with van der Waals surface area (Å²) in [5.74, 6) is 0.472. The van der Waals surface area contributed by atoms with Crippen LogP contribution in [0.1, 0.15) is 25.7 Å². The van der Waals surface area contributed by atoms with E-state index in [1.165, 1.54) is 11.8 Å². The van der Waals surface area contributed by atoms with E-state index in [1.807, 2.05) is 0 Å². The molecule has 0 bridgehead atoms. The Labute approximate surface area is 120 Å². The molecule has 1 N–H and O–H groups in total. The van der Waals surface area contributed by atoms with Gasteiger partial charge in [0, 0.05) is 6.42 Å². The molecule has 1 aliphatic rings. The van der Waals surface area contributed by atoms with Crippen molar-refractivity contribution in [2.24, 2.45) is 0 Å². The molecule has 20 heavy (non-hydrogen) atoms. The molecule has 0 saturated heterocycles. The second kappa shape index (κ2) is 5.62. The van der Waals surface area contributed by atoms with Crippen molar-refractivity contribution in [3.8, 4) is 11.4 Å². The van der Waals surface area contributed by atoms with Crippen LogP contribution in [0.3, 0.4) is 0 Å². The molecule has 0 aliphatic heterocycles. The van der Waals surface area contributed by atoms with Gasteiger partial charge < -0.3 is 5.11 Å². The van der Waals surface area contributed by atoms with Crippen LogP contribution in [0.2, 0.25) is 0 Å². The van der Waals surface area contributed by atoms with E-state index < -0.39 is 0 Å². The van der Waals surface area contributed by atoms with Crippen molar-refractivity contribution in [1.82, 2.24) is 20.2 Å². The first kappa shape index (κ1) is 13.1. The maximum atomic E-state index is 11.9. The Bertz CT molecular complexity index is 611. The monoisotopic (exact) mass is 290 g/mol. The first-order valence-corrected chi connectivity index (χ1v) is 7.39. The quantitative estimate of drug-likeness (QED) is 0.930. The molecule has 3 rings (SSSR count). The van der Waals surface area contributed by atoms with Gasteiger partial charge in [0.05, 0.1) is 10.9 Å². The number of hydrogen-bond donors (Lipinski definition) is 1. The average molecular weight is 290 g/mol. The van der Waals surface area contributed by atoms with Crippen LogP contribution in [0.4, 0.5) is 0 Å². The zero-order chi connectivity index (χ0) is 13.9. The van der Waals surface area contributed by atoms with E-state index in [2.05, 4.69) is 15.5 Å². The van der Waals surface area contributed by atoms with E-state index in [-0.39, 0.29) is 16.8 Å². The van der Waals surface area contributed by atoms with Gasteiger partial charge in [-0.3, -0.25) is 4.79 Å². The topological polar surface area (TPSA) is 80.9 Å². The summed E-state index contributed by atoms with van der Waals surface area (Å²) in [6.45, 7) is 0. The highest BCUT2D eigenvalue weighted by Crippen LogP contribution is 2.31. The van der Waals surface area contributed by atoms with Crippen LogP contribution in [-0.2, 0) is 4.79 Å². The minimum atomic E-state index is -0.0504. The molecule has 1 saturated carbocycles. The third kappa shape index (κ3) is 2.67. The summed E-state index contributed by atoms with van der Waals surface area (Å²) in [6, 6.07) is 6.63. The summed E-state index contributed by atoms with van der Waals surface area (Å²) in [7, 11) is 0. The molecule has 0 amide bonds. The van der Waals surface area contributed by atoms with Crippen LogP contribution in [0, 0.1) is 0 Å². The SMILES string of the molecule is O=C1CCCC[C@H]1Sc1nnnn1-c1ccc(O)cc1. The second-order valence-electron chi connectivity index (χ2n) is 4.71. The summed E-state index contributed by atoms with van der Waals surface area (Å²) in [6.07, 6.45) is 3.59. The molecule has 1 aromatic heterocycles. The highest BCUT2D eigenvalue weighted by atomic mass is 32.2. The number of thioether (sulfide) groups is 1. The number of carbonyl (C=O) groups excluding carboxylic acids is 1. The molecule has 1 heterocycles. The first-order valence-electron chi connectivity index (χ1n) is 6.51. The fourth-order valence-electron chi connectivity index (χ4n) is 2.21. The molecule has 0 radical (unpaired) electrons. The fourth-order valence-corrected chi connectivity index (χ4v) is 3.32. The number of nitrogens with zero attached hydrogens (tertiary/aromatic N) is 4. The van der Waals surface area contributed by atoms with Crippen molar-refractivity contribution in [3.05, 3.63) is 24.3 Å². The number of hydrogen-bond acceptors (Lipinski definition) is 6. The normalized spacial score (nSPS) is 19.2. The number of Topliss-reactive ketones (excluding diaryl/α,β-unsaturated/α-hetero) is 1. The molecule has 1 aliphatic carbocycles. The molecule has 104 valence electrons. The lowest BCUT2D eigenvalue weighted by molar-refractivity contribution is -0.119. The van der Waals surface area contributed by atoms with E-state index in [9.17, 15) is 9.90 Å². The Kier molecular flexibility index (Phi) is 3.68. The molecule has 2 aromatic rings. The predicted octanol–water partition coefficient (Wildman–Crippen LogP) is 1.97. The van der Waals surface area contributed by atoms with E-state index >= 15 is 0 Å². The van der Waals surface area contributed by atoms with Crippen LogP contribution in [0.15, 0.2) is 29.4 Å². The lowest BCUT2D eigenvalue weighted by Crippen LogP contribution is -2.21. The summed E-state index contributed by atoms with van der Waals surface area (Å²) in [5.41, 5.74) is 0.763. The van der Waals surface area contributed by atoms with Crippen LogP contribution in [-0.4, -0.2) is 36.3 Å². The minimum absolute atomic E-state index is 0.0504. The molecule has 0 spiro atoms. The Balaban J connectivity index is 1.83. The maximum absolute atomic E-state index is 11.9. The van der Waals surface area contributed by atoms with Gasteiger partial charge in [-0.15, -0.1) is 5.10 Å². The number of benzene rings is 1. The Morgan fingerprint density at radius 1 is 1.25 bits per heavy atom. The van der Waals surface area contributed by atoms with Gasteiger partial charge in [0.15, 0.2) is 0 Å². The predicted molar refractivity (Wildman–Crippen MR) is 73.9 cm³/mol. The van der Waals surface area contributed by atoms with E-state index in [1.54, 1.807) is 28.9 Å². The number of aromatic hydroxyl groups is 1. The summed E-state index contributed by atoms with van der Waals surface area (Å²) < 4.78 is 1.59. The lowest BCUT2D eigenvalue weighted by Gasteiger charge is -2.18. The van der Waals surface area contributed by atoms with E-state index in [0.29, 0.717) is 11.6 Å². The number of rotatable bonds is 3. The number of aromatic nitrogens is 4. The summed E-state index contributed by atoms with van der Waals surface area (Å²) in [5, 5.41) is 21.5. The summed E-state index contributed by atoms with van der Waals surface area (Å²) >= 11 is 1.42. The molecule has 6 nitrogen and oxygen atoms in total. The highest BCUT2D eigenvalue weighted by molar-refractivity contribution is 8.00. The maximum Gasteiger partial charge on any atom is 0.214 e. The molecule has 1 aromatic carbocycles. The number of phenols is 1. The number of phenolic OH excluding ortho intramolecular Hbond substituents is 1. The van der Waals surface area contributed by atoms with Crippen molar-refractivity contribution in [2.75, 3.05) is 0 Å². The average Bonchev–Trinajstić information content (AvgIpc) is 2.90. The van der Waals surface area contributed by atoms with Crippen molar-refractivity contribution in [3.63, 3.8) is 0 Å². The standard InChI is InChI=1S/C13H14N4O2S/c18-10-7-5-9(6-8-10)17-13(14-15-16-17)20-12-4-2-1-3-11(12)19/h5-8,12,18H,1-4H2/t12-/m1/s1. The zero-order valence-corrected chi connectivity index (χ0v) is 11.6. The molecule has 1 fully saturated rings. The van der Waals surface area contributed by atoms with Crippen molar-refractivity contribution >= 4 is 17.5 Å². The second-order valence-corrected chi connectivity index (χ2v) is 5.88. The van der Waals surface area contributed by atoms with Gasteiger partial charge >= 0.3 is 0 Å². The van der Waals surface area contributed by atoms with Crippen molar-refractivity contribution in [2.45, 2.75) is 36.1 Å². The van der Waals surface area contributed by atoms with Gasteiger partial charge in [-0.25, -0.2) is 0 Å². The van der Waals surface area contributed by atoms with Gasteiger partial charge in [0.25, 0.3) is 0 Å². The molecule has 1 atom stereocenters. The van der Waals surface area contributed by atoms with Gasteiger partial charge in [-0.05, 0) is 47.5 Å². The Hall–Kier alpha value is -1.89. The van der Waals surface area contributed by atoms with E-state index in [4.69, 9.17) is 0 Å². The third-order valence-corrected chi connectivity index (χ3v) is 4.53. The van der Waals surface area contributed by atoms with Crippen molar-refractivity contribution < 1.29 is 9.90 Å². The molecular weight excluding hydrogens is 276 g/mol. The van der Waals surface area contributed by atoms with Gasteiger partial charge in [0.1, 0.15) is 11.5 Å². The lowest BCUT2D eigenvalue weighted by atomic mass is 9.99. The third-order valence-electron chi connectivity index (χ3n) is 3.28. The largest absolute Gasteiger partial charge is 0.508 e. The highest BCUT2D eigenvalue weighted by Gasteiger charge is 2.25. The van der Waals surface area contributed by atoms with Crippen LogP contribution < -0.4 is 0 Å². The van der Waals surface area contributed by atoms with E-state index in [0.717, 1.165) is 24.9 Å². The van der Waals surface area contributed by atoms with Crippen LogP contribution >= 0.6 is 11.8 Å². The smallest absolute Gasteiger partial charge is 0.214 e. The number of carbonyl (C=O) groups is 1. The first-order chi connectivity index (χ1) is 9.74. The van der Waals surface area contributed by atoms with Gasteiger partial charge in [-0.2, -0.15) is 4.68 Å². The van der Waals surface area contributed by atoms with Crippen LogP contribution in [0.25, 0.3) is 5.69 Å². The van der Waals surface area contributed by atoms with Crippen LogP contribution in [0.5, 0.6) is 5.75 Å². The number of ketones is 1. The number of tetrazole rings is 1. The Morgan fingerprint density at radius 2 is 2.05 bits per heavy atom. The molecule has 0 unspecified atom stereocenters. The van der Waals surface area contributed by atoms with Crippen molar-refractivity contribution in [1.29, 1.82) is 0 Å².